The first-order chi connectivity index (χ1) is 11.6. The fraction of sp³-hybridized carbons (Fsp3) is 0.176. The quantitative estimate of drug-likeness (QED) is 0.550. The van der Waals surface area contributed by atoms with E-state index in [4.69, 9.17) is 32.7 Å². The summed E-state index contributed by atoms with van der Waals surface area (Å²) in [6.45, 7) is 0. The van der Waals surface area contributed by atoms with E-state index in [1.54, 1.807) is 26.5 Å². The van der Waals surface area contributed by atoms with Gasteiger partial charge < -0.3 is 9.47 Å². The highest BCUT2D eigenvalue weighted by Gasteiger charge is 2.27. The van der Waals surface area contributed by atoms with Crippen LogP contribution in [0.15, 0.2) is 24.4 Å². The van der Waals surface area contributed by atoms with Crippen molar-refractivity contribution in [3.63, 3.8) is 0 Å². The lowest BCUT2D eigenvalue weighted by Gasteiger charge is -2.10. The van der Waals surface area contributed by atoms with Gasteiger partial charge in [-0.3, -0.25) is 5.10 Å². The molecule has 1 aliphatic carbocycles. The maximum Gasteiger partial charge on any atom is 0.161 e. The topological polar surface area (TPSA) is 60.0 Å². The summed E-state index contributed by atoms with van der Waals surface area (Å²) in [4.78, 5) is 4.10. The molecule has 5 nitrogen and oxygen atoms in total. The third kappa shape index (κ3) is 2.24. The van der Waals surface area contributed by atoms with Crippen molar-refractivity contribution in [3.05, 3.63) is 45.7 Å². The molecule has 122 valence electrons. The molecule has 0 spiro atoms. The van der Waals surface area contributed by atoms with Crippen molar-refractivity contribution in [1.29, 1.82) is 0 Å². The minimum Gasteiger partial charge on any atom is -0.493 e. The van der Waals surface area contributed by atoms with Crippen LogP contribution in [0.3, 0.4) is 0 Å². The van der Waals surface area contributed by atoms with Gasteiger partial charge in [-0.05, 0) is 23.8 Å². The first-order valence-corrected chi connectivity index (χ1v) is 8.02. The zero-order valence-electron chi connectivity index (χ0n) is 13.0. The number of hydrogen-bond acceptors (Lipinski definition) is 4. The Bertz CT molecular complexity index is 953. The number of nitrogens with one attached hydrogen (secondary N) is 1. The Labute approximate surface area is 148 Å². The molecule has 0 fully saturated rings. The minimum absolute atomic E-state index is 0.283. The highest BCUT2D eigenvalue weighted by Crippen LogP contribution is 2.44. The van der Waals surface area contributed by atoms with E-state index < -0.39 is 0 Å². The van der Waals surface area contributed by atoms with E-state index in [9.17, 15) is 0 Å². The van der Waals surface area contributed by atoms with Crippen LogP contribution in [0.2, 0.25) is 10.2 Å². The Morgan fingerprint density at radius 2 is 1.83 bits per heavy atom. The maximum absolute atomic E-state index is 6.08. The molecule has 7 heteroatoms. The molecule has 2 heterocycles. The normalized spacial score (nSPS) is 12.0. The number of hydrogen-bond donors (Lipinski definition) is 1. The summed E-state index contributed by atoms with van der Waals surface area (Å²) in [5.41, 5.74) is 5.95. The molecular formula is C17H13Cl2N3O2. The van der Waals surface area contributed by atoms with Crippen molar-refractivity contribution in [2.24, 2.45) is 0 Å². The number of aromatic nitrogens is 3. The van der Waals surface area contributed by atoms with Gasteiger partial charge in [-0.1, -0.05) is 23.2 Å². The number of nitrogens with zero attached hydrogens (tertiary/aromatic N) is 2. The number of rotatable bonds is 3. The highest BCUT2D eigenvalue weighted by molar-refractivity contribution is 6.41. The summed E-state index contributed by atoms with van der Waals surface area (Å²) < 4.78 is 10.8. The second kappa shape index (κ2) is 5.69. The summed E-state index contributed by atoms with van der Waals surface area (Å²) >= 11 is 12.0. The highest BCUT2D eigenvalue weighted by atomic mass is 35.5. The Morgan fingerprint density at radius 3 is 2.54 bits per heavy atom. The number of benzene rings is 1. The lowest BCUT2D eigenvalue weighted by atomic mass is 10.1. The van der Waals surface area contributed by atoms with Gasteiger partial charge in [-0.15, -0.1) is 0 Å². The molecule has 0 saturated heterocycles. The Kier molecular flexibility index (Phi) is 3.62. The molecular weight excluding hydrogens is 349 g/mol. The number of fused-ring (bicyclic) bond motifs is 3. The number of methoxy groups -OCH3 is 2. The van der Waals surface area contributed by atoms with E-state index in [1.807, 2.05) is 12.1 Å². The zero-order chi connectivity index (χ0) is 16.8. The summed E-state index contributed by atoms with van der Waals surface area (Å²) in [7, 11) is 3.26. The van der Waals surface area contributed by atoms with E-state index in [1.165, 1.54) is 0 Å². The van der Waals surface area contributed by atoms with Gasteiger partial charge in [0.2, 0.25) is 0 Å². The third-order valence-electron chi connectivity index (χ3n) is 4.18. The van der Waals surface area contributed by atoms with Gasteiger partial charge in [-0.25, -0.2) is 4.98 Å². The standard InChI is InChI=1S/C17H13Cl2N3O2/c1-23-13-5-8-3-11-15(9-4-12(18)17(19)20-7-9)21-22-16(11)10(8)6-14(13)24-2/h4-7H,3H2,1-2H3,(H,21,22). The first kappa shape index (κ1) is 15.3. The van der Waals surface area contributed by atoms with E-state index in [2.05, 4.69) is 15.2 Å². The van der Waals surface area contributed by atoms with Gasteiger partial charge in [0, 0.05) is 29.3 Å². The van der Waals surface area contributed by atoms with Crippen LogP contribution in [0, 0.1) is 0 Å². The second-order valence-corrected chi connectivity index (χ2v) is 6.23. The van der Waals surface area contributed by atoms with Crippen LogP contribution >= 0.6 is 23.2 Å². The van der Waals surface area contributed by atoms with Crippen LogP contribution < -0.4 is 9.47 Å². The maximum atomic E-state index is 6.08. The molecule has 1 aromatic carbocycles. The number of aromatic amines is 1. The zero-order valence-corrected chi connectivity index (χ0v) is 14.5. The summed E-state index contributed by atoms with van der Waals surface area (Å²) in [5, 5.41) is 8.24. The molecule has 0 aliphatic heterocycles. The molecule has 0 atom stereocenters. The Balaban J connectivity index is 1.83. The lowest BCUT2D eigenvalue weighted by Crippen LogP contribution is -1.93. The molecule has 4 rings (SSSR count). The molecule has 0 saturated carbocycles. The third-order valence-corrected chi connectivity index (χ3v) is 4.87. The van der Waals surface area contributed by atoms with E-state index in [-0.39, 0.29) is 5.15 Å². The van der Waals surface area contributed by atoms with E-state index in [0.29, 0.717) is 16.5 Å². The minimum atomic E-state index is 0.283. The average Bonchev–Trinajstić information content (AvgIpc) is 3.14. The van der Waals surface area contributed by atoms with Gasteiger partial charge in [0.25, 0.3) is 0 Å². The van der Waals surface area contributed by atoms with Gasteiger partial charge >= 0.3 is 0 Å². The monoisotopic (exact) mass is 361 g/mol. The van der Waals surface area contributed by atoms with Crippen molar-refractivity contribution < 1.29 is 9.47 Å². The van der Waals surface area contributed by atoms with Crippen LogP contribution in [-0.4, -0.2) is 29.4 Å². The second-order valence-electron chi connectivity index (χ2n) is 5.46. The smallest absolute Gasteiger partial charge is 0.161 e. The van der Waals surface area contributed by atoms with Crippen LogP contribution in [-0.2, 0) is 6.42 Å². The van der Waals surface area contributed by atoms with Gasteiger partial charge in [0.1, 0.15) is 5.15 Å². The fourth-order valence-corrected chi connectivity index (χ4v) is 3.31. The van der Waals surface area contributed by atoms with Crippen molar-refractivity contribution in [1.82, 2.24) is 15.2 Å². The van der Waals surface area contributed by atoms with E-state index >= 15 is 0 Å². The molecule has 1 N–H and O–H groups in total. The predicted octanol–water partition coefficient (Wildman–Crippen LogP) is 4.37. The number of ether oxygens (including phenoxy) is 2. The van der Waals surface area contributed by atoms with Crippen LogP contribution in [0.5, 0.6) is 11.5 Å². The first-order valence-electron chi connectivity index (χ1n) is 7.26. The van der Waals surface area contributed by atoms with Crippen molar-refractivity contribution in [2.75, 3.05) is 14.2 Å². The summed E-state index contributed by atoms with van der Waals surface area (Å²) in [6, 6.07) is 5.74. The van der Waals surface area contributed by atoms with Gasteiger partial charge in [0.05, 0.1) is 30.6 Å². The lowest BCUT2D eigenvalue weighted by molar-refractivity contribution is 0.355. The van der Waals surface area contributed by atoms with Crippen LogP contribution in [0.4, 0.5) is 0 Å². The van der Waals surface area contributed by atoms with Crippen LogP contribution in [0.25, 0.3) is 22.5 Å². The van der Waals surface area contributed by atoms with Crippen LogP contribution in [0.1, 0.15) is 11.1 Å². The number of halogens is 2. The SMILES string of the molecule is COc1cc2c(cc1OC)-c1[nH]nc(-c3cnc(Cl)c(Cl)c3)c1C2. The summed E-state index contributed by atoms with van der Waals surface area (Å²) in [5.74, 6) is 1.41. The molecule has 1 aliphatic rings. The van der Waals surface area contributed by atoms with Gasteiger partial charge in [-0.2, -0.15) is 5.10 Å². The predicted molar refractivity (Wildman–Crippen MR) is 93.2 cm³/mol. The van der Waals surface area contributed by atoms with Crippen molar-refractivity contribution in [3.8, 4) is 34.0 Å². The van der Waals surface area contributed by atoms with Crippen molar-refractivity contribution >= 4 is 23.2 Å². The Hall–Kier alpha value is -2.24. The molecule has 0 unspecified atom stereocenters. The average molecular weight is 362 g/mol. The molecule has 0 bridgehead atoms. The van der Waals surface area contributed by atoms with Crippen molar-refractivity contribution in [2.45, 2.75) is 6.42 Å². The number of H-pyrrole nitrogens is 1. The molecule has 0 amide bonds. The molecule has 3 aromatic rings. The summed E-state index contributed by atoms with van der Waals surface area (Å²) in [6.07, 6.45) is 2.42. The Morgan fingerprint density at radius 1 is 1.08 bits per heavy atom. The number of pyridine rings is 1. The fourth-order valence-electron chi connectivity index (χ4n) is 3.04. The van der Waals surface area contributed by atoms with E-state index in [0.717, 1.165) is 40.1 Å². The van der Waals surface area contributed by atoms with Gasteiger partial charge in [0.15, 0.2) is 11.5 Å². The largest absolute Gasteiger partial charge is 0.493 e. The molecule has 0 radical (unpaired) electrons. The molecule has 2 aromatic heterocycles. The molecule has 24 heavy (non-hydrogen) atoms.